The first-order valence-corrected chi connectivity index (χ1v) is 6.83. The van der Waals surface area contributed by atoms with Gasteiger partial charge in [-0.25, -0.2) is 0 Å². The zero-order valence-electron chi connectivity index (χ0n) is 11.3. The molecule has 2 heteroatoms. The predicted octanol–water partition coefficient (Wildman–Crippen LogP) is 3.48. The first-order valence-electron chi connectivity index (χ1n) is 6.83. The molecule has 3 N–H and O–H groups in total. The average Bonchev–Trinajstić information content (AvgIpc) is 2.72. The lowest BCUT2D eigenvalue weighted by Gasteiger charge is -2.17. The Hall–Kier alpha value is -1.28. The topological polar surface area (TPSA) is 41.8 Å². The normalized spacial score (nSPS) is 25.5. The number of para-hydroxylation sites is 1. The van der Waals surface area contributed by atoms with Crippen molar-refractivity contribution < 1.29 is 0 Å². The maximum absolute atomic E-state index is 5.99. The fraction of sp³-hybridized carbons (Fsp3) is 0.500. The van der Waals surface area contributed by atoms with Gasteiger partial charge in [-0.2, -0.15) is 0 Å². The molecule has 0 aliphatic heterocycles. The fourth-order valence-corrected chi connectivity index (χ4v) is 3.39. The summed E-state index contributed by atoms with van der Waals surface area (Å²) in [5.74, 6) is 0. The molecule has 1 aliphatic rings. The molecule has 0 saturated heterocycles. The molecular formula is C16H22N2. The Morgan fingerprint density at radius 3 is 2.67 bits per heavy atom. The van der Waals surface area contributed by atoms with Crippen LogP contribution in [0.4, 0.5) is 0 Å². The number of hydrogen-bond acceptors (Lipinski definition) is 1. The second-order valence-corrected chi connectivity index (χ2v) is 6.40. The van der Waals surface area contributed by atoms with E-state index in [2.05, 4.69) is 49.3 Å². The molecule has 1 saturated carbocycles. The summed E-state index contributed by atoms with van der Waals surface area (Å²) in [5, 5.41) is 1.36. The Kier molecular flexibility index (Phi) is 2.53. The lowest BCUT2D eigenvalue weighted by atomic mass is 9.89. The third-order valence-electron chi connectivity index (χ3n) is 5.03. The Morgan fingerprint density at radius 1 is 1.28 bits per heavy atom. The highest BCUT2D eigenvalue weighted by atomic mass is 14.7. The molecule has 1 aliphatic carbocycles. The Labute approximate surface area is 109 Å². The lowest BCUT2D eigenvalue weighted by Crippen LogP contribution is -2.21. The Morgan fingerprint density at radius 2 is 2.00 bits per heavy atom. The summed E-state index contributed by atoms with van der Waals surface area (Å²) >= 11 is 0. The molecule has 1 fully saturated rings. The van der Waals surface area contributed by atoms with Gasteiger partial charge in [0.15, 0.2) is 0 Å². The highest BCUT2D eigenvalue weighted by Gasteiger charge is 2.59. The molecule has 0 amide bonds. The Bertz CT molecular complexity index is 567. The maximum Gasteiger partial charge on any atom is 0.0456 e. The second-order valence-electron chi connectivity index (χ2n) is 6.40. The van der Waals surface area contributed by atoms with Crippen LogP contribution in [-0.4, -0.2) is 11.5 Å². The third-order valence-corrected chi connectivity index (χ3v) is 5.03. The van der Waals surface area contributed by atoms with E-state index in [4.69, 9.17) is 5.73 Å². The van der Waals surface area contributed by atoms with Crippen molar-refractivity contribution in [2.24, 2.45) is 16.6 Å². The van der Waals surface area contributed by atoms with Gasteiger partial charge in [0.2, 0.25) is 0 Å². The van der Waals surface area contributed by atoms with E-state index >= 15 is 0 Å². The Balaban J connectivity index is 1.78. The van der Waals surface area contributed by atoms with Crippen molar-refractivity contribution in [2.75, 3.05) is 6.54 Å². The number of H-pyrrole nitrogens is 1. The van der Waals surface area contributed by atoms with Crippen LogP contribution in [0.1, 0.15) is 32.3 Å². The van der Waals surface area contributed by atoms with Crippen molar-refractivity contribution in [3.63, 3.8) is 0 Å². The van der Waals surface area contributed by atoms with E-state index < -0.39 is 0 Å². The first-order chi connectivity index (χ1) is 8.58. The molecule has 2 nitrogen and oxygen atoms in total. The van der Waals surface area contributed by atoms with Gasteiger partial charge in [0.05, 0.1) is 0 Å². The second kappa shape index (κ2) is 3.86. The predicted molar refractivity (Wildman–Crippen MR) is 76.5 cm³/mol. The van der Waals surface area contributed by atoms with E-state index in [1.165, 1.54) is 29.3 Å². The molecule has 0 bridgehead atoms. The maximum atomic E-state index is 5.99. The number of aromatic nitrogens is 1. The van der Waals surface area contributed by atoms with Crippen LogP contribution >= 0.6 is 0 Å². The van der Waals surface area contributed by atoms with E-state index in [0.717, 1.165) is 13.0 Å². The summed E-state index contributed by atoms with van der Waals surface area (Å²) < 4.78 is 0. The molecule has 18 heavy (non-hydrogen) atoms. The van der Waals surface area contributed by atoms with Crippen LogP contribution in [0, 0.1) is 10.8 Å². The molecule has 2 aromatic rings. The van der Waals surface area contributed by atoms with Crippen molar-refractivity contribution in [3.05, 3.63) is 36.0 Å². The number of hydrogen-bond donors (Lipinski definition) is 2. The van der Waals surface area contributed by atoms with Crippen LogP contribution < -0.4 is 5.73 Å². The van der Waals surface area contributed by atoms with Crippen molar-refractivity contribution >= 4 is 10.9 Å². The number of benzene rings is 1. The minimum Gasteiger partial charge on any atom is -0.361 e. The van der Waals surface area contributed by atoms with Gasteiger partial charge in [0.1, 0.15) is 0 Å². The van der Waals surface area contributed by atoms with Crippen LogP contribution in [0.3, 0.4) is 0 Å². The lowest BCUT2D eigenvalue weighted by molar-refractivity contribution is 0.366. The molecular weight excluding hydrogens is 220 g/mol. The van der Waals surface area contributed by atoms with Gasteiger partial charge in [-0.15, -0.1) is 0 Å². The van der Waals surface area contributed by atoms with Crippen molar-refractivity contribution in [2.45, 2.75) is 33.1 Å². The van der Waals surface area contributed by atoms with Gasteiger partial charge < -0.3 is 10.7 Å². The molecule has 3 rings (SSSR count). The number of fused-ring (bicyclic) bond motifs is 1. The van der Waals surface area contributed by atoms with Crippen LogP contribution in [0.2, 0.25) is 0 Å². The van der Waals surface area contributed by atoms with Gasteiger partial charge in [0, 0.05) is 17.1 Å². The summed E-state index contributed by atoms with van der Waals surface area (Å²) in [4.78, 5) is 3.35. The summed E-state index contributed by atoms with van der Waals surface area (Å²) in [6.07, 6.45) is 5.77. The first kappa shape index (κ1) is 11.8. The van der Waals surface area contributed by atoms with Gasteiger partial charge in [-0.1, -0.05) is 32.0 Å². The van der Waals surface area contributed by atoms with E-state index in [1.54, 1.807) is 0 Å². The zero-order valence-corrected chi connectivity index (χ0v) is 11.3. The van der Waals surface area contributed by atoms with E-state index in [9.17, 15) is 0 Å². The average molecular weight is 242 g/mol. The number of nitrogens with two attached hydrogens (primary N) is 1. The van der Waals surface area contributed by atoms with Gasteiger partial charge >= 0.3 is 0 Å². The van der Waals surface area contributed by atoms with E-state index in [0.29, 0.717) is 10.8 Å². The molecule has 0 spiro atoms. The molecule has 96 valence electrons. The molecule has 1 aromatic carbocycles. The quantitative estimate of drug-likeness (QED) is 0.847. The van der Waals surface area contributed by atoms with E-state index in [-0.39, 0.29) is 0 Å². The van der Waals surface area contributed by atoms with E-state index in [1.807, 2.05) is 0 Å². The van der Waals surface area contributed by atoms with Crippen LogP contribution in [0.15, 0.2) is 30.5 Å². The van der Waals surface area contributed by atoms with Crippen molar-refractivity contribution in [3.8, 4) is 0 Å². The van der Waals surface area contributed by atoms with Gasteiger partial charge in [-0.3, -0.25) is 0 Å². The van der Waals surface area contributed by atoms with Crippen LogP contribution in [-0.2, 0) is 6.42 Å². The minimum atomic E-state index is 0.380. The smallest absolute Gasteiger partial charge is 0.0456 e. The van der Waals surface area contributed by atoms with Crippen LogP contribution in [0.5, 0.6) is 0 Å². The molecule has 0 radical (unpaired) electrons. The van der Waals surface area contributed by atoms with Crippen molar-refractivity contribution in [1.29, 1.82) is 0 Å². The SMILES string of the molecule is CC1(C)CC1(CN)CCc1c[nH]c2ccccc12. The number of rotatable bonds is 4. The minimum absolute atomic E-state index is 0.380. The zero-order chi connectivity index (χ0) is 12.8. The fourth-order valence-electron chi connectivity index (χ4n) is 3.39. The monoisotopic (exact) mass is 242 g/mol. The molecule has 1 unspecified atom stereocenters. The summed E-state index contributed by atoms with van der Waals surface area (Å²) in [6.45, 7) is 5.51. The summed E-state index contributed by atoms with van der Waals surface area (Å²) in [5.41, 5.74) is 9.48. The highest BCUT2D eigenvalue weighted by Crippen LogP contribution is 2.65. The third kappa shape index (κ3) is 1.67. The van der Waals surface area contributed by atoms with Gasteiger partial charge in [-0.05, 0) is 48.3 Å². The summed E-state index contributed by atoms with van der Waals surface area (Å²) in [7, 11) is 0. The van der Waals surface area contributed by atoms with Crippen molar-refractivity contribution in [1.82, 2.24) is 4.98 Å². The number of aryl methyl sites for hydroxylation is 1. The number of aromatic amines is 1. The largest absolute Gasteiger partial charge is 0.361 e. The standard InChI is InChI=1S/C16H22N2/c1-15(2)10-16(15,11-17)8-7-12-9-18-14-6-4-3-5-13(12)14/h3-6,9,18H,7-8,10-11,17H2,1-2H3. The molecule has 1 atom stereocenters. The molecule has 1 heterocycles. The van der Waals surface area contributed by atoms with Crippen LogP contribution in [0.25, 0.3) is 10.9 Å². The van der Waals surface area contributed by atoms with Gasteiger partial charge in [0.25, 0.3) is 0 Å². The molecule has 1 aromatic heterocycles. The number of nitrogens with one attached hydrogen (secondary N) is 1. The summed E-state index contributed by atoms with van der Waals surface area (Å²) in [6, 6.07) is 8.53. The highest BCUT2D eigenvalue weighted by molar-refractivity contribution is 5.83.